The number of benzene rings is 1. The molecule has 0 bridgehead atoms. The Morgan fingerprint density at radius 1 is 1.16 bits per heavy atom. The maximum Gasteiger partial charge on any atom is 0.407 e. The van der Waals surface area contributed by atoms with Crippen molar-refractivity contribution in [2.75, 3.05) is 6.54 Å². The maximum atomic E-state index is 11.8. The Bertz CT molecular complexity index is 542. The Kier molecular flexibility index (Phi) is 8.21. The van der Waals surface area contributed by atoms with Crippen molar-refractivity contribution in [1.82, 2.24) is 10.6 Å². The molecular formula is C18H28N2O5. The number of nitrogens with one attached hydrogen (secondary N) is 2. The van der Waals surface area contributed by atoms with Gasteiger partial charge in [-0.3, -0.25) is 0 Å². The molecule has 0 saturated carbocycles. The van der Waals surface area contributed by atoms with Gasteiger partial charge in [0.2, 0.25) is 0 Å². The van der Waals surface area contributed by atoms with Gasteiger partial charge < -0.3 is 25.2 Å². The minimum absolute atomic E-state index is 0.0398. The molecule has 0 heterocycles. The van der Waals surface area contributed by atoms with Crippen molar-refractivity contribution in [3.05, 3.63) is 35.9 Å². The Balaban J connectivity index is 2.35. The third kappa shape index (κ3) is 8.95. The Labute approximate surface area is 148 Å². The fourth-order valence-corrected chi connectivity index (χ4v) is 2.03. The maximum absolute atomic E-state index is 11.8. The molecule has 0 aliphatic carbocycles. The van der Waals surface area contributed by atoms with E-state index in [9.17, 15) is 14.7 Å². The molecule has 0 aromatic heterocycles. The van der Waals surface area contributed by atoms with E-state index in [-0.39, 0.29) is 13.2 Å². The van der Waals surface area contributed by atoms with Crippen LogP contribution in [0.15, 0.2) is 30.3 Å². The zero-order chi connectivity index (χ0) is 18.9. The molecule has 0 unspecified atom stereocenters. The Morgan fingerprint density at radius 3 is 2.36 bits per heavy atom. The van der Waals surface area contributed by atoms with Gasteiger partial charge >= 0.3 is 12.2 Å². The third-order valence-corrected chi connectivity index (χ3v) is 3.27. The summed E-state index contributed by atoms with van der Waals surface area (Å²) in [6.07, 6.45) is -1.71. The monoisotopic (exact) mass is 352 g/mol. The van der Waals surface area contributed by atoms with Gasteiger partial charge in [-0.1, -0.05) is 37.3 Å². The molecule has 25 heavy (non-hydrogen) atoms. The fourth-order valence-electron chi connectivity index (χ4n) is 2.03. The average molecular weight is 352 g/mol. The smallest absolute Gasteiger partial charge is 0.407 e. The molecule has 140 valence electrons. The number of hydrogen-bond acceptors (Lipinski definition) is 5. The quantitative estimate of drug-likeness (QED) is 0.701. The van der Waals surface area contributed by atoms with Crippen LogP contribution in [0, 0.1) is 0 Å². The highest BCUT2D eigenvalue weighted by atomic mass is 16.6. The summed E-state index contributed by atoms with van der Waals surface area (Å²) in [5, 5.41) is 15.2. The first-order valence-corrected chi connectivity index (χ1v) is 8.33. The van der Waals surface area contributed by atoms with Crippen molar-refractivity contribution in [2.24, 2.45) is 0 Å². The molecule has 0 aliphatic rings. The van der Waals surface area contributed by atoms with E-state index in [0.717, 1.165) is 5.56 Å². The lowest BCUT2D eigenvalue weighted by Gasteiger charge is -2.26. The van der Waals surface area contributed by atoms with Gasteiger partial charge in [-0.05, 0) is 32.8 Å². The lowest BCUT2D eigenvalue weighted by atomic mass is 10.1. The predicted molar refractivity (Wildman–Crippen MR) is 94.1 cm³/mol. The minimum atomic E-state index is -0.957. The molecular weight excluding hydrogens is 324 g/mol. The van der Waals surface area contributed by atoms with Gasteiger partial charge in [0.25, 0.3) is 0 Å². The molecule has 7 nitrogen and oxygen atoms in total. The molecule has 0 fully saturated rings. The van der Waals surface area contributed by atoms with Gasteiger partial charge in [0.1, 0.15) is 12.2 Å². The molecule has 7 heteroatoms. The van der Waals surface area contributed by atoms with E-state index in [1.807, 2.05) is 37.3 Å². The Morgan fingerprint density at radius 2 is 1.80 bits per heavy atom. The highest BCUT2D eigenvalue weighted by Gasteiger charge is 2.23. The van der Waals surface area contributed by atoms with Crippen LogP contribution < -0.4 is 10.6 Å². The fraction of sp³-hybridized carbons (Fsp3) is 0.556. The van der Waals surface area contributed by atoms with Gasteiger partial charge in [-0.2, -0.15) is 0 Å². The number of amides is 2. The van der Waals surface area contributed by atoms with E-state index < -0.39 is 29.9 Å². The number of aliphatic hydroxyl groups is 1. The SMILES string of the molecule is CC[C@@H](NC(=O)OC(C)(C)C)[C@H](O)CNC(=O)OCc1ccccc1. The number of alkyl carbamates (subject to hydrolysis) is 2. The standard InChI is InChI=1S/C18H28N2O5/c1-5-14(20-17(23)25-18(2,3)4)15(21)11-19-16(22)24-12-13-9-7-6-8-10-13/h6-10,14-15,21H,5,11-12H2,1-4H3,(H,19,22)(H,20,23)/t14-,15-/m1/s1. The zero-order valence-corrected chi connectivity index (χ0v) is 15.2. The number of rotatable bonds is 7. The molecule has 0 aliphatic heterocycles. The summed E-state index contributed by atoms with van der Waals surface area (Å²) in [5.41, 5.74) is 0.253. The summed E-state index contributed by atoms with van der Waals surface area (Å²) >= 11 is 0. The molecule has 0 radical (unpaired) electrons. The van der Waals surface area contributed by atoms with Crippen molar-refractivity contribution < 1.29 is 24.2 Å². The Hall–Kier alpha value is -2.28. The van der Waals surface area contributed by atoms with Gasteiger partial charge in [-0.15, -0.1) is 0 Å². The van der Waals surface area contributed by atoms with E-state index >= 15 is 0 Å². The average Bonchev–Trinajstić information content (AvgIpc) is 2.55. The summed E-state index contributed by atoms with van der Waals surface area (Å²) < 4.78 is 10.2. The molecule has 2 amide bonds. The lowest BCUT2D eigenvalue weighted by molar-refractivity contribution is 0.0418. The predicted octanol–water partition coefficient (Wildman–Crippen LogP) is 2.58. The second kappa shape index (κ2) is 9.88. The summed E-state index contributed by atoms with van der Waals surface area (Å²) in [6, 6.07) is 8.75. The van der Waals surface area contributed by atoms with Crippen LogP contribution in [0.5, 0.6) is 0 Å². The van der Waals surface area contributed by atoms with Crippen LogP contribution in [-0.2, 0) is 16.1 Å². The first-order chi connectivity index (χ1) is 11.7. The zero-order valence-electron chi connectivity index (χ0n) is 15.2. The van der Waals surface area contributed by atoms with E-state index in [1.54, 1.807) is 20.8 Å². The number of carbonyl (C=O) groups is 2. The molecule has 1 aromatic carbocycles. The lowest BCUT2D eigenvalue weighted by Crippen LogP contribution is -2.49. The second-order valence-corrected chi connectivity index (χ2v) is 6.67. The first kappa shape index (κ1) is 20.8. The van der Waals surface area contributed by atoms with E-state index in [1.165, 1.54) is 0 Å². The topological polar surface area (TPSA) is 96.9 Å². The van der Waals surface area contributed by atoms with E-state index in [4.69, 9.17) is 9.47 Å². The largest absolute Gasteiger partial charge is 0.445 e. The highest BCUT2D eigenvalue weighted by Crippen LogP contribution is 2.08. The second-order valence-electron chi connectivity index (χ2n) is 6.67. The summed E-state index contributed by atoms with van der Waals surface area (Å²) in [6.45, 7) is 7.20. The highest BCUT2D eigenvalue weighted by molar-refractivity contribution is 5.68. The van der Waals surface area contributed by atoms with Gasteiger partial charge in [0.15, 0.2) is 0 Å². The van der Waals surface area contributed by atoms with E-state index in [2.05, 4.69) is 10.6 Å². The molecule has 3 N–H and O–H groups in total. The summed E-state index contributed by atoms with van der Waals surface area (Å²) in [4.78, 5) is 23.5. The van der Waals surface area contributed by atoms with Crippen LogP contribution in [0.25, 0.3) is 0 Å². The van der Waals surface area contributed by atoms with Crippen molar-refractivity contribution in [1.29, 1.82) is 0 Å². The van der Waals surface area contributed by atoms with Crippen molar-refractivity contribution >= 4 is 12.2 Å². The molecule has 1 aromatic rings. The van der Waals surface area contributed by atoms with Crippen LogP contribution >= 0.6 is 0 Å². The van der Waals surface area contributed by atoms with Crippen LogP contribution in [-0.4, -0.2) is 41.6 Å². The number of aliphatic hydroxyl groups excluding tert-OH is 1. The van der Waals surface area contributed by atoms with Gasteiger partial charge in [0.05, 0.1) is 12.1 Å². The molecule has 1 rings (SSSR count). The van der Waals surface area contributed by atoms with Crippen molar-refractivity contribution in [2.45, 2.75) is 58.5 Å². The van der Waals surface area contributed by atoms with Crippen LogP contribution in [0.3, 0.4) is 0 Å². The number of ether oxygens (including phenoxy) is 2. The summed E-state index contributed by atoms with van der Waals surface area (Å²) in [7, 11) is 0. The minimum Gasteiger partial charge on any atom is -0.445 e. The molecule has 0 spiro atoms. The molecule has 0 saturated heterocycles. The normalized spacial score (nSPS) is 13.5. The molecule has 2 atom stereocenters. The number of carbonyl (C=O) groups excluding carboxylic acids is 2. The van der Waals surface area contributed by atoms with Crippen LogP contribution in [0.4, 0.5) is 9.59 Å². The van der Waals surface area contributed by atoms with E-state index in [0.29, 0.717) is 6.42 Å². The van der Waals surface area contributed by atoms with Crippen LogP contribution in [0.1, 0.15) is 39.7 Å². The third-order valence-electron chi connectivity index (χ3n) is 3.27. The van der Waals surface area contributed by atoms with Crippen molar-refractivity contribution in [3.63, 3.8) is 0 Å². The van der Waals surface area contributed by atoms with Crippen LogP contribution in [0.2, 0.25) is 0 Å². The summed E-state index contributed by atoms with van der Waals surface area (Å²) in [5.74, 6) is 0. The first-order valence-electron chi connectivity index (χ1n) is 8.33. The van der Waals surface area contributed by atoms with Gasteiger partial charge in [-0.25, -0.2) is 9.59 Å². The van der Waals surface area contributed by atoms with Crippen molar-refractivity contribution in [3.8, 4) is 0 Å². The van der Waals surface area contributed by atoms with Gasteiger partial charge in [0, 0.05) is 6.54 Å². The number of hydrogen-bond donors (Lipinski definition) is 3.